The summed E-state index contributed by atoms with van der Waals surface area (Å²) in [5, 5.41) is 16.9. The molecule has 154 valence electrons. The monoisotopic (exact) mass is 417 g/mol. The minimum Gasteiger partial charge on any atom is -0.369 e. The molecule has 2 amide bonds. The van der Waals surface area contributed by atoms with Gasteiger partial charge in [0, 0.05) is 67.8 Å². The van der Waals surface area contributed by atoms with Crippen LogP contribution in [-0.2, 0) is 0 Å². The molecule has 1 aliphatic heterocycles. The van der Waals surface area contributed by atoms with Crippen molar-refractivity contribution in [3.63, 3.8) is 0 Å². The zero-order valence-electron chi connectivity index (χ0n) is 16.2. The van der Waals surface area contributed by atoms with Gasteiger partial charge >= 0.3 is 6.03 Å². The molecule has 2 aromatic carbocycles. The van der Waals surface area contributed by atoms with Crippen LogP contribution in [0.2, 0.25) is 5.02 Å². The van der Waals surface area contributed by atoms with Gasteiger partial charge < -0.3 is 15.5 Å². The number of rotatable bonds is 6. The number of carbonyl (C=O) groups is 1. The summed E-state index contributed by atoms with van der Waals surface area (Å²) < 4.78 is 0. The average molecular weight is 418 g/mol. The van der Waals surface area contributed by atoms with Crippen molar-refractivity contribution in [2.24, 2.45) is 0 Å². The fourth-order valence-corrected chi connectivity index (χ4v) is 3.47. The van der Waals surface area contributed by atoms with Crippen LogP contribution in [0.4, 0.5) is 21.9 Å². The lowest BCUT2D eigenvalue weighted by Crippen LogP contribution is -2.48. The molecule has 0 bridgehead atoms. The number of anilines is 2. The molecule has 9 heteroatoms. The topological polar surface area (TPSA) is 90.8 Å². The van der Waals surface area contributed by atoms with E-state index in [1.807, 2.05) is 18.2 Å². The predicted molar refractivity (Wildman–Crippen MR) is 115 cm³/mol. The molecule has 0 unspecified atom stereocenters. The number of nitrogens with zero attached hydrogens (tertiary/aromatic N) is 3. The van der Waals surface area contributed by atoms with Crippen LogP contribution in [-0.4, -0.2) is 55.1 Å². The Morgan fingerprint density at radius 1 is 1.14 bits per heavy atom. The summed E-state index contributed by atoms with van der Waals surface area (Å²) in [5.74, 6) is 0. The van der Waals surface area contributed by atoms with E-state index in [1.165, 1.54) is 35.5 Å². The summed E-state index contributed by atoms with van der Waals surface area (Å²) in [6.45, 7) is 7.03. The number of non-ortho nitro benzene ring substituents is 1. The Balaban J connectivity index is 1.38. The summed E-state index contributed by atoms with van der Waals surface area (Å²) in [4.78, 5) is 26.8. The van der Waals surface area contributed by atoms with Gasteiger partial charge in [0.2, 0.25) is 0 Å². The van der Waals surface area contributed by atoms with Gasteiger partial charge in [-0.05, 0) is 36.8 Å². The minimum atomic E-state index is -0.475. The number of nitro groups is 1. The molecular weight excluding hydrogens is 394 g/mol. The van der Waals surface area contributed by atoms with Gasteiger partial charge in [0.25, 0.3) is 5.69 Å². The Bertz CT molecular complexity index is 867. The van der Waals surface area contributed by atoms with E-state index < -0.39 is 4.92 Å². The van der Waals surface area contributed by atoms with Crippen molar-refractivity contribution in [1.82, 2.24) is 10.2 Å². The van der Waals surface area contributed by atoms with Crippen LogP contribution in [0.25, 0.3) is 0 Å². The predicted octanol–water partition coefficient (Wildman–Crippen LogP) is 3.50. The molecule has 0 atom stereocenters. The van der Waals surface area contributed by atoms with Gasteiger partial charge in [-0.2, -0.15) is 0 Å². The van der Waals surface area contributed by atoms with Crippen molar-refractivity contribution in [3.05, 3.63) is 63.2 Å². The normalized spacial score (nSPS) is 14.5. The minimum absolute atomic E-state index is 0.0110. The Morgan fingerprint density at radius 2 is 1.83 bits per heavy atom. The number of hydrogen-bond acceptors (Lipinski definition) is 5. The van der Waals surface area contributed by atoms with Gasteiger partial charge in [-0.3, -0.25) is 15.0 Å². The molecule has 1 aliphatic rings. The molecule has 29 heavy (non-hydrogen) atoms. The van der Waals surface area contributed by atoms with E-state index in [2.05, 4.69) is 27.4 Å². The van der Waals surface area contributed by atoms with Gasteiger partial charge in [0.15, 0.2) is 0 Å². The quantitative estimate of drug-likeness (QED) is 0.554. The van der Waals surface area contributed by atoms with Crippen molar-refractivity contribution >= 4 is 34.7 Å². The molecule has 0 radical (unpaired) electrons. The highest BCUT2D eigenvalue weighted by atomic mass is 35.5. The third kappa shape index (κ3) is 5.82. The lowest BCUT2D eigenvalue weighted by Gasteiger charge is -2.36. The van der Waals surface area contributed by atoms with Crippen LogP contribution >= 0.6 is 11.6 Å². The summed E-state index contributed by atoms with van der Waals surface area (Å²) in [5.41, 5.74) is 2.90. The fraction of sp³-hybridized carbons (Fsp3) is 0.350. The maximum atomic E-state index is 12.0. The summed E-state index contributed by atoms with van der Waals surface area (Å²) in [6.07, 6.45) is 0. The third-order valence-electron chi connectivity index (χ3n) is 4.93. The number of nitro benzene ring substituents is 1. The van der Waals surface area contributed by atoms with E-state index in [0.717, 1.165) is 37.7 Å². The molecule has 1 saturated heterocycles. The smallest absolute Gasteiger partial charge is 0.319 e. The van der Waals surface area contributed by atoms with Crippen LogP contribution < -0.4 is 15.5 Å². The standard InChI is InChI=1S/C20H24ClN5O3/c1-15-2-3-16(21)14-19(15)25-12-10-24(11-13-25)9-8-22-20(27)23-17-4-6-18(7-5-17)26(28)29/h2-7,14H,8-13H2,1H3,(H2,22,23,27). The first kappa shape index (κ1) is 20.9. The number of urea groups is 1. The summed E-state index contributed by atoms with van der Waals surface area (Å²) >= 11 is 6.13. The van der Waals surface area contributed by atoms with Crippen LogP contribution in [0, 0.1) is 17.0 Å². The van der Waals surface area contributed by atoms with E-state index in [-0.39, 0.29) is 11.7 Å². The summed E-state index contributed by atoms with van der Waals surface area (Å²) in [6, 6.07) is 11.4. The molecule has 2 N–H and O–H groups in total. The van der Waals surface area contributed by atoms with Gasteiger partial charge in [0.1, 0.15) is 0 Å². The first-order chi connectivity index (χ1) is 13.9. The number of piperazine rings is 1. The zero-order chi connectivity index (χ0) is 20.8. The van der Waals surface area contributed by atoms with Crippen molar-refractivity contribution < 1.29 is 9.72 Å². The van der Waals surface area contributed by atoms with Gasteiger partial charge in [0.05, 0.1) is 4.92 Å². The van der Waals surface area contributed by atoms with E-state index in [4.69, 9.17) is 11.6 Å². The maximum absolute atomic E-state index is 12.0. The molecule has 0 aliphatic carbocycles. The molecule has 8 nitrogen and oxygen atoms in total. The highest BCUT2D eigenvalue weighted by Gasteiger charge is 2.18. The molecule has 0 spiro atoms. The molecule has 2 aromatic rings. The van der Waals surface area contributed by atoms with Crippen molar-refractivity contribution in [2.45, 2.75) is 6.92 Å². The second kappa shape index (κ2) is 9.58. The number of amides is 2. The Labute approximate surface area is 174 Å². The van der Waals surface area contributed by atoms with Gasteiger partial charge in [-0.1, -0.05) is 17.7 Å². The Morgan fingerprint density at radius 3 is 2.48 bits per heavy atom. The average Bonchev–Trinajstić information content (AvgIpc) is 2.71. The Kier molecular flexibility index (Phi) is 6.90. The molecule has 1 heterocycles. The van der Waals surface area contributed by atoms with Crippen LogP contribution in [0.5, 0.6) is 0 Å². The van der Waals surface area contributed by atoms with Gasteiger partial charge in [-0.25, -0.2) is 4.79 Å². The SMILES string of the molecule is Cc1ccc(Cl)cc1N1CCN(CCNC(=O)Nc2ccc([N+](=O)[O-])cc2)CC1. The summed E-state index contributed by atoms with van der Waals surface area (Å²) in [7, 11) is 0. The Hall–Kier alpha value is -2.84. The zero-order valence-corrected chi connectivity index (χ0v) is 17.0. The fourth-order valence-electron chi connectivity index (χ4n) is 3.30. The number of aryl methyl sites for hydroxylation is 1. The van der Waals surface area contributed by atoms with E-state index in [1.54, 1.807) is 0 Å². The lowest BCUT2D eigenvalue weighted by molar-refractivity contribution is -0.384. The van der Waals surface area contributed by atoms with Crippen LogP contribution in [0.1, 0.15) is 5.56 Å². The first-order valence-corrected chi connectivity index (χ1v) is 9.83. The number of halogens is 1. The molecule has 0 saturated carbocycles. The highest BCUT2D eigenvalue weighted by Crippen LogP contribution is 2.25. The van der Waals surface area contributed by atoms with Gasteiger partial charge in [-0.15, -0.1) is 0 Å². The van der Waals surface area contributed by atoms with E-state index in [0.29, 0.717) is 12.2 Å². The van der Waals surface area contributed by atoms with E-state index in [9.17, 15) is 14.9 Å². The third-order valence-corrected chi connectivity index (χ3v) is 5.17. The number of hydrogen-bond donors (Lipinski definition) is 2. The lowest BCUT2D eigenvalue weighted by atomic mass is 10.1. The van der Waals surface area contributed by atoms with Crippen LogP contribution in [0.3, 0.4) is 0 Å². The molecule has 0 aromatic heterocycles. The van der Waals surface area contributed by atoms with Crippen molar-refractivity contribution in [1.29, 1.82) is 0 Å². The number of nitrogens with one attached hydrogen (secondary N) is 2. The maximum Gasteiger partial charge on any atom is 0.319 e. The molecule has 1 fully saturated rings. The van der Waals surface area contributed by atoms with Crippen molar-refractivity contribution in [2.75, 3.05) is 49.5 Å². The van der Waals surface area contributed by atoms with E-state index >= 15 is 0 Å². The van der Waals surface area contributed by atoms with Crippen LogP contribution in [0.15, 0.2) is 42.5 Å². The largest absolute Gasteiger partial charge is 0.369 e. The number of benzene rings is 2. The molecular formula is C20H24ClN5O3. The second-order valence-electron chi connectivity index (χ2n) is 6.94. The highest BCUT2D eigenvalue weighted by molar-refractivity contribution is 6.30. The van der Waals surface area contributed by atoms with Crippen molar-refractivity contribution in [3.8, 4) is 0 Å². The number of carbonyl (C=O) groups excluding carboxylic acids is 1. The second-order valence-corrected chi connectivity index (χ2v) is 7.38. The molecule has 3 rings (SSSR count). The first-order valence-electron chi connectivity index (χ1n) is 9.45.